The molecule has 1 atom stereocenters. The number of amides is 2. The predicted molar refractivity (Wildman–Crippen MR) is 80.7 cm³/mol. The number of ether oxygens (including phenoxy) is 1. The Morgan fingerprint density at radius 1 is 1.32 bits per heavy atom. The van der Waals surface area contributed by atoms with Crippen molar-refractivity contribution >= 4 is 17.5 Å². The second-order valence-electron chi connectivity index (χ2n) is 5.02. The third kappa shape index (κ3) is 2.90. The molecule has 0 aliphatic carbocycles. The number of pyridine rings is 1. The van der Waals surface area contributed by atoms with Gasteiger partial charge in [-0.2, -0.15) is 0 Å². The fourth-order valence-electron chi connectivity index (χ4n) is 2.23. The van der Waals surface area contributed by atoms with E-state index in [1.165, 1.54) is 0 Å². The lowest BCUT2D eigenvalue weighted by atomic mass is 10.1. The second-order valence-corrected chi connectivity index (χ2v) is 5.02. The predicted octanol–water partition coefficient (Wildman–Crippen LogP) is 1.90. The molecule has 1 aromatic carbocycles. The van der Waals surface area contributed by atoms with Gasteiger partial charge in [0.25, 0.3) is 11.8 Å². The van der Waals surface area contributed by atoms with Crippen LogP contribution in [0.3, 0.4) is 0 Å². The molecule has 0 unspecified atom stereocenters. The maximum Gasteiger partial charge on any atom is 0.262 e. The highest BCUT2D eigenvalue weighted by atomic mass is 16.5. The molecular formula is C16H15N3O3. The maximum absolute atomic E-state index is 12.3. The molecule has 0 radical (unpaired) electrons. The van der Waals surface area contributed by atoms with E-state index in [-0.39, 0.29) is 24.5 Å². The molecule has 0 fully saturated rings. The Kier molecular flexibility index (Phi) is 3.74. The van der Waals surface area contributed by atoms with Crippen molar-refractivity contribution in [1.82, 2.24) is 10.3 Å². The molecule has 0 saturated heterocycles. The molecule has 1 aromatic heterocycles. The zero-order chi connectivity index (χ0) is 15.5. The molecule has 2 heterocycles. The molecule has 2 aromatic rings. The first-order valence-corrected chi connectivity index (χ1v) is 6.91. The van der Waals surface area contributed by atoms with Gasteiger partial charge in [0.05, 0.1) is 11.7 Å². The van der Waals surface area contributed by atoms with Crippen LogP contribution in [0.2, 0.25) is 0 Å². The van der Waals surface area contributed by atoms with Crippen molar-refractivity contribution in [3.05, 3.63) is 53.9 Å². The minimum atomic E-state index is -0.201. The number of fused-ring (bicyclic) bond motifs is 1. The quantitative estimate of drug-likeness (QED) is 0.906. The minimum Gasteiger partial charge on any atom is -0.482 e. The highest BCUT2D eigenvalue weighted by molar-refractivity contribution is 5.99. The van der Waals surface area contributed by atoms with Crippen LogP contribution in [0, 0.1) is 0 Å². The van der Waals surface area contributed by atoms with E-state index in [0.717, 1.165) is 5.56 Å². The van der Waals surface area contributed by atoms with E-state index in [1.54, 1.807) is 30.6 Å². The maximum atomic E-state index is 12.3. The molecule has 0 bridgehead atoms. The summed E-state index contributed by atoms with van der Waals surface area (Å²) in [5, 5.41) is 5.61. The molecule has 3 rings (SSSR count). The van der Waals surface area contributed by atoms with Crippen molar-refractivity contribution in [3.63, 3.8) is 0 Å². The average molecular weight is 297 g/mol. The van der Waals surface area contributed by atoms with Crippen LogP contribution in [-0.2, 0) is 4.79 Å². The molecule has 112 valence electrons. The summed E-state index contributed by atoms with van der Waals surface area (Å²) in [6.45, 7) is 1.87. The summed E-state index contributed by atoms with van der Waals surface area (Å²) in [6, 6.07) is 8.53. The van der Waals surface area contributed by atoms with Crippen molar-refractivity contribution in [2.75, 3.05) is 11.9 Å². The van der Waals surface area contributed by atoms with Crippen molar-refractivity contribution in [2.45, 2.75) is 13.0 Å². The number of anilines is 1. The van der Waals surface area contributed by atoms with Gasteiger partial charge in [-0.1, -0.05) is 0 Å². The van der Waals surface area contributed by atoms with Crippen molar-refractivity contribution in [1.29, 1.82) is 0 Å². The fraction of sp³-hybridized carbons (Fsp3) is 0.188. The molecule has 0 spiro atoms. The van der Waals surface area contributed by atoms with Crippen LogP contribution in [0.15, 0.2) is 42.7 Å². The number of aromatic nitrogens is 1. The summed E-state index contributed by atoms with van der Waals surface area (Å²) in [4.78, 5) is 27.5. The first-order chi connectivity index (χ1) is 10.6. The Labute approximate surface area is 127 Å². The summed E-state index contributed by atoms with van der Waals surface area (Å²) in [7, 11) is 0. The third-order valence-corrected chi connectivity index (χ3v) is 3.43. The van der Waals surface area contributed by atoms with Crippen LogP contribution in [-0.4, -0.2) is 23.4 Å². The Morgan fingerprint density at radius 2 is 2.09 bits per heavy atom. The number of carbonyl (C=O) groups excluding carboxylic acids is 2. The highest BCUT2D eigenvalue weighted by Crippen LogP contribution is 2.28. The lowest BCUT2D eigenvalue weighted by Gasteiger charge is -2.19. The summed E-state index contributed by atoms with van der Waals surface area (Å²) < 4.78 is 5.32. The minimum absolute atomic E-state index is 0.0362. The lowest BCUT2D eigenvalue weighted by molar-refractivity contribution is -0.118. The number of hydrogen-bond donors (Lipinski definition) is 2. The normalized spacial score (nSPS) is 14.3. The number of rotatable bonds is 3. The van der Waals surface area contributed by atoms with Gasteiger partial charge in [-0.25, -0.2) is 0 Å². The van der Waals surface area contributed by atoms with Gasteiger partial charge in [0.1, 0.15) is 5.75 Å². The Bertz CT molecular complexity index is 716. The number of hydrogen-bond acceptors (Lipinski definition) is 4. The smallest absolute Gasteiger partial charge is 0.262 e. The van der Waals surface area contributed by atoms with E-state index in [2.05, 4.69) is 15.6 Å². The van der Waals surface area contributed by atoms with Gasteiger partial charge >= 0.3 is 0 Å². The number of nitrogens with zero attached hydrogens (tertiary/aromatic N) is 1. The van der Waals surface area contributed by atoms with Crippen LogP contribution in [0.4, 0.5) is 5.69 Å². The van der Waals surface area contributed by atoms with E-state index in [4.69, 9.17) is 4.74 Å². The van der Waals surface area contributed by atoms with Crippen molar-refractivity contribution in [3.8, 4) is 5.75 Å². The van der Waals surface area contributed by atoms with Crippen LogP contribution in [0.1, 0.15) is 28.9 Å². The van der Waals surface area contributed by atoms with Crippen LogP contribution in [0.25, 0.3) is 0 Å². The average Bonchev–Trinajstić information content (AvgIpc) is 2.55. The van der Waals surface area contributed by atoms with Gasteiger partial charge in [0.15, 0.2) is 6.61 Å². The first-order valence-electron chi connectivity index (χ1n) is 6.91. The van der Waals surface area contributed by atoms with Gasteiger partial charge in [0, 0.05) is 18.0 Å². The van der Waals surface area contributed by atoms with Gasteiger partial charge in [-0.05, 0) is 42.8 Å². The zero-order valence-corrected chi connectivity index (χ0v) is 12.0. The molecule has 0 saturated carbocycles. The summed E-state index contributed by atoms with van der Waals surface area (Å²) in [5.41, 5.74) is 2.04. The summed E-state index contributed by atoms with van der Waals surface area (Å²) in [5.74, 6) is 0.104. The summed E-state index contributed by atoms with van der Waals surface area (Å²) >= 11 is 0. The SMILES string of the molecule is C[C@H](NC(=O)c1ccc2c(c1)OCC(=O)N2)c1ccncc1. The highest BCUT2D eigenvalue weighted by Gasteiger charge is 2.18. The monoisotopic (exact) mass is 297 g/mol. The number of nitrogens with one attached hydrogen (secondary N) is 2. The molecule has 1 aliphatic rings. The molecule has 2 N–H and O–H groups in total. The first kappa shape index (κ1) is 14.1. The number of benzene rings is 1. The van der Waals surface area contributed by atoms with E-state index >= 15 is 0 Å². The summed E-state index contributed by atoms with van der Waals surface area (Å²) in [6.07, 6.45) is 3.38. The van der Waals surface area contributed by atoms with Gasteiger partial charge < -0.3 is 15.4 Å². The standard InChI is InChI=1S/C16H15N3O3/c1-10(11-4-6-17-7-5-11)18-16(21)12-2-3-13-14(8-12)22-9-15(20)19-13/h2-8,10H,9H2,1H3,(H,18,21)(H,19,20)/t10-/m0/s1. The van der Waals surface area contributed by atoms with Crippen LogP contribution >= 0.6 is 0 Å². The van der Waals surface area contributed by atoms with Crippen LogP contribution in [0.5, 0.6) is 5.75 Å². The van der Waals surface area contributed by atoms with E-state index in [1.807, 2.05) is 19.1 Å². The Balaban J connectivity index is 1.74. The van der Waals surface area contributed by atoms with E-state index < -0.39 is 0 Å². The molecular weight excluding hydrogens is 282 g/mol. The Morgan fingerprint density at radius 3 is 2.86 bits per heavy atom. The van der Waals surface area contributed by atoms with E-state index in [9.17, 15) is 9.59 Å². The number of carbonyl (C=O) groups is 2. The van der Waals surface area contributed by atoms with E-state index in [0.29, 0.717) is 17.0 Å². The van der Waals surface area contributed by atoms with Crippen LogP contribution < -0.4 is 15.4 Å². The third-order valence-electron chi connectivity index (χ3n) is 3.43. The van der Waals surface area contributed by atoms with Gasteiger partial charge in [-0.3, -0.25) is 14.6 Å². The van der Waals surface area contributed by atoms with Gasteiger partial charge in [-0.15, -0.1) is 0 Å². The molecule has 1 aliphatic heterocycles. The molecule has 6 heteroatoms. The largest absolute Gasteiger partial charge is 0.482 e. The molecule has 6 nitrogen and oxygen atoms in total. The Hall–Kier alpha value is -2.89. The van der Waals surface area contributed by atoms with Crippen molar-refractivity contribution < 1.29 is 14.3 Å². The van der Waals surface area contributed by atoms with Crippen molar-refractivity contribution in [2.24, 2.45) is 0 Å². The van der Waals surface area contributed by atoms with Gasteiger partial charge in [0.2, 0.25) is 0 Å². The molecule has 22 heavy (non-hydrogen) atoms. The fourth-order valence-corrected chi connectivity index (χ4v) is 2.23. The topological polar surface area (TPSA) is 80.3 Å². The second kappa shape index (κ2) is 5.85. The molecule has 2 amide bonds. The lowest BCUT2D eigenvalue weighted by Crippen LogP contribution is -2.28. The zero-order valence-electron chi connectivity index (χ0n) is 12.0.